The summed E-state index contributed by atoms with van der Waals surface area (Å²) in [6, 6.07) is 0.683. The van der Waals surface area contributed by atoms with Crippen LogP contribution >= 0.6 is 0 Å². The minimum atomic E-state index is -0.369. The summed E-state index contributed by atoms with van der Waals surface area (Å²) in [7, 11) is 0. The molecule has 1 aliphatic heterocycles. The van der Waals surface area contributed by atoms with Crippen LogP contribution in [0.1, 0.15) is 46.0 Å². The monoisotopic (exact) mass is 300 g/mol. The number of hydrogen-bond donors (Lipinski definition) is 2. The summed E-state index contributed by atoms with van der Waals surface area (Å²) in [5, 5.41) is 3.70. The molecule has 0 saturated heterocycles. The summed E-state index contributed by atoms with van der Waals surface area (Å²) in [5.74, 6) is 0. The minimum Gasteiger partial charge on any atom is -0.321 e. The third kappa shape index (κ3) is 5.43. The first kappa shape index (κ1) is 18.7. The fraction of sp³-hybridized carbons (Fsp3) is 0.500. The average Bonchev–Trinajstić information content (AvgIpc) is 2.37. The van der Waals surface area contributed by atoms with Gasteiger partial charge < -0.3 is 11.1 Å². The van der Waals surface area contributed by atoms with Crippen molar-refractivity contribution in [1.29, 1.82) is 0 Å². The Morgan fingerprint density at radius 3 is 2.23 bits per heavy atom. The van der Waals surface area contributed by atoms with Gasteiger partial charge in [-0.25, -0.2) is 0 Å². The van der Waals surface area contributed by atoms with Crippen molar-refractivity contribution < 1.29 is 0 Å². The fourth-order valence-corrected chi connectivity index (χ4v) is 3.26. The molecule has 0 aromatic heterocycles. The van der Waals surface area contributed by atoms with Gasteiger partial charge in [0.05, 0.1) is 0 Å². The van der Waals surface area contributed by atoms with Crippen LogP contribution in [0.5, 0.6) is 0 Å². The minimum absolute atomic E-state index is 0.295. The van der Waals surface area contributed by atoms with E-state index in [4.69, 9.17) is 5.73 Å². The lowest BCUT2D eigenvalue weighted by atomic mass is 9.77. The van der Waals surface area contributed by atoms with Crippen molar-refractivity contribution >= 4 is 0 Å². The van der Waals surface area contributed by atoms with Gasteiger partial charge in [0.25, 0.3) is 0 Å². The van der Waals surface area contributed by atoms with Crippen molar-refractivity contribution in [2.24, 2.45) is 5.73 Å². The van der Waals surface area contributed by atoms with Gasteiger partial charge in [-0.15, -0.1) is 26.3 Å². The van der Waals surface area contributed by atoms with E-state index in [1.54, 1.807) is 0 Å². The summed E-state index contributed by atoms with van der Waals surface area (Å²) in [5.41, 5.74) is 10.0. The molecule has 0 radical (unpaired) electrons. The van der Waals surface area contributed by atoms with E-state index in [9.17, 15) is 0 Å². The van der Waals surface area contributed by atoms with E-state index in [-0.39, 0.29) is 5.54 Å². The molecule has 1 aliphatic rings. The topological polar surface area (TPSA) is 38.0 Å². The highest BCUT2D eigenvalue weighted by atomic mass is 15.0. The smallest absolute Gasteiger partial charge is 0.0439 e. The van der Waals surface area contributed by atoms with Gasteiger partial charge >= 0.3 is 0 Å². The Morgan fingerprint density at radius 2 is 1.77 bits per heavy atom. The highest BCUT2D eigenvalue weighted by Crippen LogP contribution is 2.32. The maximum Gasteiger partial charge on any atom is 0.0439 e. The normalized spacial score (nSPS) is 21.9. The molecule has 2 heteroatoms. The van der Waals surface area contributed by atoms with Gasteiger partial charge in [-0.2, -0.15) is 0 Å². The van der Waals surface area contributed by atoms with Crippen LogP contribution in [-0.4, -0.2) is 17.6 Å². The Hall–Kier alpha value is -1.38. The van der Waals surface area contributed by atoms with E-state index in [2.05, 4.69) is 51.6 Å². The zero-order valence-corrected chi connectivity index (χ0v) is 14.3. The average molecular weight is 300 g/mol. The predicted molar refractivity (Wildman–Crippen MR) is 98.8 cm³/mol. The molecule has 1 heterocycles. The van der Waals surface area contributed by atoms with E-state index in [1.165, 1.54) is 16.7 Å². The van der Waals surface area contributed by atoms with Gasteiger partial charge in [0.1, 0.15) is 0 Å². The molecule has 0 unspecified atom stereocenters. The Balaban J connectivity index is 3.06. The van der Waals surface area contributed by atoms with E-state index >= 15 is 0 Å². The van der Waals surface area contributed by atoms with Gasteiger partial charge in [-0.1, -0.05) is 34.9 Å². The molecule has 2 atom stereocenters. The molecule has 0 aromatic rings. The van der Waals surface area contributed by atoms with E-state index in [0.717, 1.165) is 32.1 Å². The quantitative estimate of drug-likeness (QED) is 0.618. The molecule has 0 aliphatic carbocycles. The van der Waals surface area contributed by atoms with Crippen LogP contribution in [0.15, 0.2) is 61.3 Å². The van der Waals surface area contributed by atoms with Gasteiger partial charge in [0.15, 0.2) is 0 Å². The highest BCUT2D eigenvalue weighted by molar-refractivity contribution is 5.29. The van der Waals surface area contributed by atoms with Gasteiger partial charge in [0, 0.05) is 17.6 Å². The maximum absolute atomic E-state index is 6.70. The molecule has 2 nitrogen and oxygen atoms in total. The summed E-state index contributed by atoms with van der Waals surface area (Å²) in [6.07, 6.45) is 10.5. The molecule has 3 N–H and O–H groups in total. The predicted octanol–water partition coefficient (Wildman–Crippen LogP) is 4.43. The first-order chi connectivity index (χ1) is 10.3. The van der Waals surface area contributed by atoms with Crippen molar-refractivity contribution in [3.63, 3.8) is 0 Å². The van der Waals surface area contributed by atoms with E-state index < -0.39 is 0 Å². The Labute approximate surface area is 136 Å². The Morgan fingerprint density at radius 1 is 1.23 bits per heavy atom. The molecular weight excluding hydrogens is 268 g/mol. The number of rotatable bonds is 9. The van der Waals surface area contributed by atoms with E-state index in [0.29, 0.717) is 12.1 Å². The number of nitrogens with one attached hydrogen (secondary N) is 1. The third-order valence-electron chi connectivity index (χ3n) is 4.14. The lowest BCUT2D eigenvalue weighted by molar-refractivity contribution is 0.386. The van der Waals surface area contributed by atoms with Gasteiger partial charge in [-0.3, -0.25) is 0 Å². The lowest BCUT2D eigenvalue weighted by Gasteiger charge is -2.39. The molecule has 1 rings (SSSR count). The van der Waals surface area contributed by atoms with Crippen molar-refractivity contribution in [3.8, 4) is 0 Å². The highest BCUT2D eigenvalue weighted by Gasteiger charge is 2.32. The van der Waals surface area contributed by atoms with Crippen LogP contribution in [0.3, 0.4) is 0 Å². The molecular formula is C20H32N2. The second-order valence-electron chi connectivity index (χ2n) is 6.83. The second kappa shape index (κ2) is 8.30. The first-order valence-electron chi connectivity index (χ1n) is 8.07. The standard InChI is InChI=1S/C20H32N2/c1-7-9-20(21,10-8-2)17-13-18(11-15(3)4)22-19(14-17)12-16(5)6/h7-8,13,18-19,22H,1-3,5,9-12,14,21H2,4,6H3/t18-,19+/m1/s1. The van der Waals surface area contributed by atoms with Gasteiger partial charge in [-0.05, 0) is 46.0 Å². The Kier molecular flexibility index (Phi) is 7.05. The molecule has 0 fully saturated rings. The van der Waals surface area contributed by atoms with Crippen molar-refractivity contribution in [2.75, 3.05) is 0 Å². The van der Waals surface area contributed by atoms with Crippen molar-refractivity contribution in [1.82, 2.24) is 5.32 Å². The molecule has 0 saturated carbocycles. The van der Waals surface area contributed by atoms with Crippen LogP contribution in [0.25, 0.3) is 0 Å². The van der Waals surface area contributed by atoms with Gasteiger partial charge in [0.2, 0.25) is 0 Å². The van der Waals surface area contributed by atoms with E-state index in [1.807, 2.05) is 12.2 Å². The van der Waals surface area contributed by atoms with Crippen molar-refractivity contribution in [2.45, 2.75) is 63.6 Å². The number of hydrogen-bond acceptors (Lipinski definition) is 2. The van der Waals surface area contributed by atoms with Crippen LogP contribution < -0.4 is 11.1 Å². The summed E-state index contributed by atoms with van der Waals surface area (Å²) in [4.78, 5) is 0. The molecule has 22 heavy (non-hydrogen) atoms. The summed E-state index contributed by atoms with van der Waals surface area (Å²) < 4.78 is 0. The zero-order valence-electron chi connectivity index (χ0n) is 14.3. The molecule has 0 spiro atoms. The van der Waals surface area contributed by atoms with Crippen LogP contribution in [0, 0.1) is 0 Å². The SMILES string of the molecule is C=CCC(N)(CC=C)C1=C[C@@H](CC(=C)C)N[C@@H](CC(=C)C)C1. The van der Waals surface area contributed by atoms with Crippen LogP contribution in [-0.2, 0) is 0 Å². The fourth-order valence-electron chi connectivity index (χ4n) is 3.26. The zero-order chi connectivity index (χ0) is 16.8. The Bertz CT molecular complexity index is 460. The number of nitrogens with two attached hydrogens (primary N) is 1. The molecule has 122 valence electrons. The second-order valence-corrected chi connectivity index (χ2v) is 6.83. The first-order valence-corrected chi connectivity index (χ1v) is 8.07. The summed E-state index contributed by atoms with van der Waals surface area (Å²) in [6.45, 7) is 20.0. The molecule has 0 aromatic carbocycles. The third-order valence-corrected chi connectivity index (χ3v) is 4.14. The molecule has 0 amide bonds. The van der Waals surface area contributed by atoms with Crippen LogP contribution in [0.4, 0.5) is 0 Å². The summed E-state index contributed by atoms with van der Waals surface area (Å²) >= 11 is 0. The lowest BCUT2D eigenvalue weighted by Crippen LogP contribution is -2.49. The molecule has 0 bridgehead atoms. The maximum atomic E-state index is 6.70. The largest absolute Gasteiger partial charge is 0.321 e. The van der Waals surface area contributed by atoms with Crippen LogP contribution in [0.2, 0.25) is 0 Å². The van der Waals surface area contributed by atoms with Crippen molar-refractivity contribution in [3.05, 3.63) is 61.3 Å².